The first-order chi connectivity index (χ1) is 16.1. The summed E-state index contributed by atoms with van der Waals surface area (Å²) in [7, 11) is 0. The van der Waals surface area contributed by atoms with E-state index in [-0.39, 0.29) is 11.6 Å². The number of nitro benzene ring substituents is 1. The van der Waals surface area contributed by atoms with Crippen molar-refractivity contribution in [3.63, 3.8) is 0 Å². The van der Waals surface area contributed by atoms with Crippen molar-refractivity contribution in [2.75, 3.05) is 26.2 Å². The molecule has 2 heterocycles. The molecule has 7 heteroatoms. The quantitative estimate of drug-likeness (QED) is 0.310. The van der Waals surface area contributed by atoms with Crippen molar-refractivity contribution in [3.05, 3.63) is 94.3 Å². The van der Waals surface area contributed by atoms with E-state index in [1.807, 2.05) is 0 Å². The van der Waals surface area contributed by atoms with Crippen LogP contribution in [0.25, 0.3) is 11.1 Å². The number of likely N-dealkylation sites (tertiary alicyclic amines) is 1. The third kappa shape index (κ3) is 5.81. The van der Waals surface area contributed by atoms with Gasteiger partial charge in [0.05, 0.1) is 4.92 Å². The van der Waals surface area contributed by atoms with E-state index in [1.165, 1.54) is 30.5 Å². The van der Waals surface area contributed by atoms with E-state index in [4.69, 9.17) is 0 Å². The van der Waals surface area contributed by atoms with Gasteiger partial charge in [0.15, 0.2) is 0 Å². The van der Waals surface area contributed by atoms with Gasteiger partial charge in [-0.1, -0.05) is 36.4 Å². The van der Waals surface area contributed by atoms with Crippen LogP contribution in [0, 0.1) is 10.1 Å². The maximum atomic E-state index is 12.8. The van der Waals surface area contributed by atoms with Gasteiger partial charge in [-0.3, -0.25) is 19.9 Å². The molecule has 33 heavy (non-hydrogen) atoms. The lowest BCUT2D eigenvalue weighted by molar-refractivity contribution is -0.384. The molecule has 1 N–H and O–H groups in total. The van der Waals surface area contributed by atoms with Crippen LogP contribution >= 0.6 is 0 Å². The van der Waals surface area contributed by atoms with Crippen LogP contribution in [0.3, 0.4) is 0 Å². The third-order valence-corrected chi connectivity index (χ3v) is 6.21. The number of nitrogens with zero attached hydrogens (tertiary/aromatic N) is 3. The van der Waals surface area contributed by atoms with Gasteiger partial charge in [0, 0.05) is 30.4 Å². The summed E-state index contributed by atoms with van der Waals surface area (Å²) in [6.45, 7) is 3.70. The zero-order chi connectivity index (χ0) is 23.0. The van der Waals surface area contributed by atoms with Gasteiger partial charge in [-0.25, -0.2) is 0 Å². The molecule has 0 aliphatic carbocycles. The predicted molar refractivity (Wildman–Crippen MR) is 128 cm³/mol. The zero-order valence-corrected chi connectivity index (χ0v) is 18.5. The summed E-state index contributed by atoms with van der Waals surface area (Å²) < 4.78 is 0. The van der Waals surface area contributed by atoms with Gasteiger partial charge in [0.1, 0.15) is 5.69 Å². The maximum absolute atomic E-state index is 12.8. The number of hydrogen-bond donors (Lipinski definition) is 1. The molecule has 0 unspecified atom stereocenters. The van der Waals surface area contributed by atoms with Crippen molar-refractivity contribution in [2.24, 2.45) is 0 Å². The number of amides is 1. The molecule has 3 aromatic rings. The Kier molecular flexibility index (Phi) is 7.42. The highest BCUT2D eigenvalue weighted by atomic mass is 16.6. The lowest BCUT2D eigenvalue weighted by atomic mass is 9.89. The van der Waals surface area contributed by atoms with Crippen LogP contribution in [0.15, 0.2) is 72.9 Å². The molecule has 1 amide bonds. The number of rotatable bonds is 8. The van der Waals surface area contributed by atoms with Crippen molar-refractivity contribution in [1.29, 1.82) is 0 Å². The topological polar surface area (TPSA) is 88.4 Å². The number of hydrogen-bond acceptors (Lipinski definition) is 5. The molecule has 170 valence electrons. The first-order valence-electron chi connectivity index (χ1n) is 11.4. The van der Waals surface area contributed by atoms with Gasteiger partial charge in [0.2, 0.25) is 0 Å². The Bertz CT molecular complexity index is 1080. The molecule has 1 aliphatic rings. The largest absolute Gasteiger partial charge is 0.351 e. The molecule has 1 fully saturated rings. The molecule has 1 saturated heterocycles. The van der Waals surface area contributed by atoms with Gasteiger partial charge in [-0.15, -0.1) is 0 Å². The number of pyridine rings is 1. The number of carbonyl (C=O) groups is 1. The van der Waals surface area contributed by atoms with Crippen molar-refractivity contribution >= 4 is 11.6 Å². The molecule has 4 rings (SSSR count). The molecule has 1 aliphatic heterocycles. The van der Waals surface area contributed by atoms with E-state index >= 15 is 0 Å². The second kappa shape index (κ2) is 10.8. The van der Waals surface area contributed by atoms with Gasteiger partial charge in [-0.2, -0.15) is 0 Å². The summed E-state index contributed by atoms with van der Waals surface area (Å²) in [5.74, 6) is 0.413. The van der Waals surface area contributed by atoms with E-state index in [0.717, 1.165) is 31.6 Å². The second-order valence-electron chi connectivity index (χ2n) is 8.34. The minimum absolute atomic E-state index is 0.0152. The molecule has 2 aromatic carbocycles. The summed E-state index contributed by atoms with van der Waals surface area (Å²) >= 11 is 0. The highest BCUT2D eigenvalue weighted by molar-refractivity contribution is 5.98. The number of non-ortho nitro benzene ring substituents is 1. The SMILES string of the molecule is O=C(NCCCN1CCC(c2ccccc2)CC1)c1ncccc1-c1ccc([N+](=O)[O-])cc1. The Morgan fingerprint density at radius 3 is 2.45 bits per heavy atom. The third-order valence-electron chi connectivity index (χ3n) is 6.21. The Morgan fingerprint density at radius 2 is 1.76 bits per heavy atom. The fraction of sp³-hybridized carbons (Fsp3) is 0.308. The lowest BCUT2D eigenvalue weighted by Crippen LogP contribution is -2.35. The molecule has 0 atom stereocenters. The Balaban J connectivity index is 1.26. The minimum atomic E-state index is -0.440. The number of aromatic nitrogens is 1. The normalized spacial score (nSPS) is 14.7. The predicted octanol–water partition coefficient (Wildman–Crippen LogP) is 4.66. The monoisotopic (exact) mass is 444 g/mol. The Labute approximate surface area is 193 Å². The minimum Gasteiger partial charge on any atom is -0.351 e. The number of nitrogens with one attached hydrogen (secondary N) is 1. The van der Waals surface area contributed by atoms with Crippen molar-refractivity contribution in [2.45, 2.75) is 25.2 Å². The Hall–Kier alpha value is -3.58. The van der Waals surface area contributed by atoms with Gasteiger partial charge in [0.25, 0.3) is 11.6 Å². The molecule has 1 aromatic heterocycles. The van der Waals surface area contributed by atoms with Gasteiger partial charge >= 0.3 is 0 Å². The van der Waals surface area contributed by atoms with Crippen molar-refractivity contribution in [3.8, 4) is 11.1 Å². The summed E-state index contributed by atoms with van der Waals surface area (Å²) in [6.07, 6.45) is 4.80. The van der Waals surface area contributed by atoms with Crippen LogP contribution in [0.1, 0.15) is 41.2 Å². The molecular weight excluding hydrogens is 416 g/mol. The summed E-state index contributed by atoms with van der Waals surface area (Å²) in [5.41, 5.74) is 3.16. The van der Waals surface area contributed by atoms with E-state index in [0.29, 0.717) is 23.7 Å². The molecule has 0 spiro atoms. The van der Waals surface area contributed by atoms with Crippen LogP contribution in [-0.2, 0) is 0 Å². The standard InChI is InChI=1S/C26H28N4O3/c31-26(25-24(8-4-15-27-25)22-9-11-23(12-10-22)30(32)33)28-16-5-17-29-18-13-21(14-19-29)20-6-2-1-3-7-20/h1-4,6-12,15,21H,5,13-14,16-19H2,(H,28,31). The van der Waals surface area contributed by atoms with Crippen LogP contribution < -0.4 is 5.32 Å². The van der Waals surface area contributed by atoms with Crippen LogP contribution in [-0.4, -0.2) is 46.9 Å². The van der Waals surface area contributed by atoms with Crippen LogP contribution in [0.4, 0.5) is 5.69 Å². The second-order valence-corrected chi connectivity index (χ2v) is 8.34. The summed E-state index contributed by atoms with van der Waals surface area (Å²) in [5, 5.41) is 13.9. The van der Waals surface area contributed by atoms with E-state index in [9.17, 15) is 14.9 Å². The number of nitro groups is 1. The maximum Gasteiger partial charge on any atom is 0.270 e. The molecule has 7 nitrogen and oxygen atoms in total. The highest BCUT2D eigenvalue weighted by Crippen LogP contribution is 2.28. The fourth-order valence-corrected chi connectivity index (χ4v) is 4.39. The highest BCUT2D eigenvalue weighted by Gasteiger charge is 2.20. The number of benzene rings is 2. The smallest absolute Gasteiger partial charge is 0.270 e. The van der Waals surface area contributed by atoms with Crippen LogP contribution in [0.2, 0.25) is 0 Å². The fourth-order valence-electron chi connectivity index (χ4n) is 4.39. The number of carbonyl (C=O) groups excluding carboxylic acids is 1. The molecule has 0 radical (unpaired) electrons. The summed E-state index contributed by atoms with van der Waals surface area (Å²) in [6, 6.07) is 20.4. The van der Waals surface area contributed by atoms with Gasteiger partial charge < -0.3 is 10.2 Å². The number of piperidine rings is 1. The molecule has 0 bridgehead atoms. The Morgan fingerprint density at radius 1 is 1.03 bits per heavy atom. The lowest BCUT2D eigenvalue weighted by Gasteiger charge is -2.32. The first kappa shape index (κ1) is 22.6. The van der Waals surface area contributed by atoms with E-state index < -0.39 is 4.92 Å². The first-order valence-corrected chi connectivity index (χ1v) is 11.4. The van der Waals surface area contributed by atoms with Crippen molar-refractivity contribution < 1.29 is 9.72 Å². The molecule has 0 saturated carbocycles. The molecular formula is C26H28N4O3. The van der Waals surface area contributed by atoms with E-state index in [1.54, 1.807) is 30.5 Å². The average Bonchev–Trinajstić information content (AvgIpc) is 2.87. The average molecular weight is 445 g/mol. The zero-order valence-electron chi connectivity index (χ0n) is 18.5. The van der Waals surface area contributed by atoms with Gasteiger partial charge in [-0.05, 0) is 74.1 Å². The van der Waals surface area contributed by atoms with Crippen LogP contribution in [0.5, 0.6) is 0 Å². The van der Waals surface area contributed by atoms with Crippen molar-refractivity contribution in [1.82, 2.24) is 15.2 Å². The van der Waals surface area contributed by atoms with E-state index in [2.05, 4.69) is 45.5 Å². The summed E-state index contributed by atoms with van der Waals surface area (Å²) in [4.78, 5) is 30.0.